The van der Waals surface area contributed by atoms with Crippen molar-refractivity contribution < 1.29 is 32.0 Å². The quantitative estimate of drug-likeness (QED) is 0.628. The van der Waals surface area contributed by atoms with Crippen molar-refractivity contribution in [3.05, 3.63) is 59.5 Å². The fraction of sp³-hybridized carbons (Fsp3) is 0.211. The van der Waals surface area contributed by atoms with E-state index in [0.29, 0.717) is 41.4 Å². The normalized spacial score (nSPS) is 13.4. The van der Waals surface area contributed by atoms with Crippen LogP contribution in [0, 0.1) is 0 Å². The second-order valence-electron chi connectivity index (χ2n) is 6.05. The molecule has 0 N–H and O–H groups in total. The number of nitrogens with zero attached hydrogens (tertiary/aromatic N) is 2. The maximum absolute atomic E-state index is 12.7. The molecule has 0 saturated heterocycles. The second-order valence-corrected chi connectivity index (χ2v) is 6.05. The minimum absolute atomic E-state index is 0.0974. The number of carbonyl (C=O) groups is 1. The summed E-state index contributed by atoms with van der Waals surface area (Å²) in [5, 5.41) is 3.34. The van der Waals surface area contributed by atoms with Crippen LogP contribution in [0.15, 0.2) is 47.0 Å². The third-order valence-electron chi connectivity index (χ3n) is 4.11. The number of alkyl halides is 3. The monoisotopic (exact) mass is 390 g/mol. The number of hydrogen-bond donors (Lipinski definition) is 0. The van der Waals surface area contributed by atoms with Crippen molar-refractivity contribution in [2.75, 3.05) is 13.2 Å². The van der Waals surface area contributed by atoms with E-state index in [9.17, 15) is 18.0 Å². The molecule has 0 radical (unpaired) electrons. The summed E-state index contributed by atoms with van der Waals surface area (Å²) >= 11 is 0. The largest absolute Gasteiger partial charge is 0.486 e. The second kappa shape index (κ2) is 6.99. The van der Waals surface area contributed by atoms with Crippen LogP contribution in [0.3, 0.4) is 0 Å². The van der Waals surface area contributed by atoms with E-state index in [2.05, 4.69) is 14.7 Å². The minimum Gasteiger partial charge on any atom is -0.486 e. The summed E-state index contributed by atoms with van der Waals surface area (Å²) in [6, 6.07) is 11.5. The van der Waals surface area contributed by atoms with E-state index in [-0.39, 0.29) is 18.0 Å². The molecule has 0 spiro atoms. The van der Waals surface area contributed by atoms with Gasteiger partial charge in [-0.2, -0.15) is 18.2 Å². The number of hydrogen-bond acceptors (Lipinski definition) is 6. The van der Waals surface area contributed by atoms with Gasteiger partial charge in [-0.15, -0.1) is 0 Å². The highest BCUT2D eigenvalue weighted by Gasteiger charge is 2.38. The number of rotatable bonds is 4. The molecule has 0 aliphatic carbocycles. The molecule has 144 valence electrons. The van der Waals surface area contributed by atoms with Gasteiger partial charge in [-0.3, -0.25) is 4.79 Å². The van der Waals surface area contributed by atoms with Gasteiger partial charge in [0.15, 0.2) is 17.3 Å². The summed E-state index contributed by atoms with van der Waals surface area (Å²) in [4.78, 5) is 16.0. The van der Waals surface area contributed by atoms with Crippen molar-refractivity contribution in [1.29, 1.82) is 0 Å². The van der Waals surface area contributed by atoms with Gasteiger partial charge in [-0.1, -0.05) is 35.5 Å². The number of halogens is 3. The molecule has 1 aliphatic rings. The van der Waals surface area contributed by atoms with Gasteiger partial charge in [0.1, 0.15) is 13.2 Å². The Morgan fingerprint density at radius 1 is 1.04 bits per heavy atom. The van der Waals surface area contributed by atoms with E-state index >= 15 is 0 Å². The molecule has 6 nitrogen and oxygen atoms in total. The molecule has 2 heterocycles. The maximum atomic E-state index is 12.7. The molecule has 3 aromatic rings. The highest BCUT2D eigenvalue weighted by Crippen LogP contribution is 2.34. The van der Waals surface area contributed by atoms with E-state index in [1.807, 2.05) is 0 Å². The SMILES string of the molecule is O=C(Cc1ccc(-c2noc(C(F)(F)F)n2)cc1)c1cccc2c1OCCO2. The lowest BCUT2D eigenvalue weighted by molar-refractivity contribution is -0.159. The van der Waals surface area contributed by atoms with Gasteiger partial charge in [0.25, 0.3) is 0 Å². The zero-order valence-electron chi connectivity index (χ0n) is 14.3. The molecule has 0 bridgehead atoms. The van der Waals surface area contributed by atoms with Gasteiger partial charge in [0.2, 0.25) is 5.82 Å². The number of ether oxygens (including phenoxy) is 2. The molecular weight excluding hydrogens is 377 g/mol. The van der Waals surface area contributed by atoms with Gasteiger partial charge < -0.3 is 14.0 Å². The summed E-state index contributed by atoms with van der Waals surface area (Å²) in [5.74, 6) is -0.772. The molecule has 0 atom stereocenters. The first kappa shape index (κ1) is 18.0. The topological polar surface area (TPSA) is 74.5 Å². The molecule has 28 heavy (non-hydrogen) atoms. The number of carbonyl (C=O) groups excluding carboxylic acids is 1. The van der Waals surface area contributed by atoms with E-state index in [1.54, 1.807) is 30.3 Å². The standard InChI is InChI=1S/C19H13F3N2O4/c20-19(21,22)18-23-17(24-28-18)12-6-4-11(5-7-12)10-14(25)13-2-1-3-15-16(13)27-9-8-26-15/h1-7H,8-10H2. The average molecular weight is 390 g/mol. The van der Waals surface area contributed by atoms with Crippen molar-refractivity contribution in [2.45, 2.75) is 12.6 Å². The predicted molar refractivity (Wildman–Crippen MR) is 90.2 cm³/mol. The van der Waals surface area contributed by atoms with Crippen LogP contribution in [-0.4, -0.2) is 29.1 Å². The van der Waals surface area contributed by atoms with Gasteiger partial charge in [0, 0.05) is 12.0 Å². The first-order valence-electron chi connectivity index (χ1n) is 8.34. The Morgan fingerprint density at radius 3 is 2.50 bits per heavy atom. The lowest BCUT2D eigenvalue weighted by Crippen LogP contribution is -2.18. The summed E-state index contributed by atoms with van der Waals surface area (Å²) in [6.07, 6.45) is -4.60. The summed E-state index contributed by atoms with van der Waals surface area (Å²) in [5.41, 5.74) is 1.46. The third-order valence-corrected chi connectivity index (χ3v) is 4.11. The van der Waals surface area contributed by atoms with Crippen LogP contribution in [0.2, 0.25) is 0 Å². The van der Waals surface area contributed by atoms with E-state index in [4.69, 9.17) is 9.47 Å². The van der Waals surface area contributed by atoms with Gasteiger partial charge in [0.05, 0.1) is 5.56 Å². The summed E-state index contributed by atoms with van der Waals surface area (Å²) in [6.45, 7) is 0.800. The van der Waals surface area contributed by atoms with Crippen molar-refractivity contribution in [3.8, 4) is 22.9 Å². The summed E-state index contributed by atoms with van der Waals surface area (Å²) < 4.78 is 52.9. The first-order chi connectivity index (χ1) is 13.4. The Bertz CT molecular complexity index is 1010. The first-order valence-corrected chi connectivity index (χ1v) is 8.34. The molecule has 1 aromatic heterocycles. The van der Waals surface area contributed by atoms with Gasteiger partial charge in [-0.05, 0) is 17.7 Å². The third kappa shape index (κ3) is 3.55. The number of aromatic nitrogens is 2. The molecule has 0 fully saturated rings. The molecular formula is C19H13F3N2O4. The van der Waals surface area contributed by atoms with Crippen LogP contribution in [0.25, 0.3) is 11.4 Å². The van der Waals surface area contributed by atoms with Crippen LogP contribution in [0.5, 0.6) is 11.5 Å². The van der Waals surface area contributed by atoms with Gasteiger partial charge in [-0.25, -0.2) is 0 Å². The van der Waals surface area contributed by atoms with Crippen LogP contribution >= 0.6 is 0 Å². The zero-order valence-corrected chi connectivity index (χ0v) is 14.3. The number of para-hydroxylation sites is 1. The molecule has 0 unspecified atom stereocenters. The van der Waals surface area contributed by atoms with E-state index in [0.717, 1.165) is 0 Å². The number of benzene rings is 2. The average Bonchev–Trinajstić information content (AvgIpc) is 3.19. The van der Waals surface area contributed by atoms with Crippen molar-refractivity contribution >= 4 is 5.78 Å². The van der Waals surface area contributed by atoms with Crippen molar-refractivity contribution in [2.24, 2.45) is 0 Å². The molecule has 9 heteroatoms. The Balaban J connectivity index is 1.51. The lowest BCUT2D eigenvalue weighted by Gasteiger charge is -2.20. The highest BCUT2D eigenvalue weighted by atomic mass is 19.4. The van der Waals surface area contributed by atoms with E-state index in [1.165, 1.54) is 12.1 Å². The molecule has 2 aromatic carbocycles. The smallest absolute Gasteiger partial charge is 0.471 e. The van der Waals surface area contributed by atoms with Crippen molar-refractivity contribution in [3.63, 3.8) is 0 Å². The lowest BCUT2D eigenvalue weighted by atomic mass is 10.0. The van der Waals surface area contributed by atoms with Crippen LogP contribution < -0.4 is 9.47 Å². The maximum Gasteiger partial charge on any atom is 0.471 e. The fourth-order valence-electron chi connectivity index (χ4n) is 2.80. The summed E-state index contributed by atoms with van der Waals surface area (Å²) in [7, 11) is 0. The minimum atomic E-state index is -4.70. The fourth-order valence-corrected chi connectivity index (χ4v) is 2.80. The number of ketones is 1. The van der Waals surface area contributed by atoms with Gasteiger partial charge >= 0.3 is 12.1 Å². The highest BCUT2D eigenvalue weighted by molar-refractivity contribution is 6.00. The molecule has 0 saturated carbocycles. The Morgan fingerprint density at radius 2 is 1.79 bits per heavy atom. The van der Waals surface area contributed by atoms with E-state index < -0.39 is 12.1 Å². The number of fused-ring (bicyclic) bond motifs is 1. The predicted octanol–water partition coefficient (Wildman–Crippen LogP) is 3.95. The zero-order chi connectivity index (χ0) is 19.7. The Hall–Kier alpha value is -3.36. The van der Waals surface area contributed by atoms with Crippen LogP contribution in [0.4, 0.5) is 13.2 Å². The molecule has 4 rings (SSSR count). The van der Waals surface area contributed by atoms with Crippen molar-refractivity contribution in [1.82, 2.24) is 10.1 Å². The van der Waals surface area contributed by atoms with Crippen LogP contribution in [-0.2, 0) is 12.6 Å². The Labute approximate surface area is 156 Å². The molecule has 1 aliphatic heterocycles. The Kier molecular flexibility index (Phi) is 4.50. The molecule has 0 amide bonds. The number of Topliss-reactive ketones (excluding diaryl/α,β-unsaturated/α-hetero) is 1. The van der Waals surface area contributed by atoms with Crippen LogP contribution in [0.1, 0.15) is 21.8 Å².